The topological polar surface area (TPSA) is 54.3 Å². The quantitative estimate of drug-likeness (QED) is 0.912. The Morgan fingerprint density at radius 1 is 1.27 bits per heavy atom. The van der Waals surface area contributed by atoms with E-state index in [0.29, 0.717) is 17.8 Å². The molecule has 1 aliphatic heterocycles. The molecule has 1 fully saturated rings. The Morgan fingerprint density at radius 3 is 2.55 bits per heavy atom. The molecule has 0 unspecified atom stereocenters. The summed E-state index contributed by atoms with van der Waals surface area (Å²) < 4.78 is 2.62. The minimum atomic E-state index is -0.168. The molecule has 0 radical (unpaired) electrons. The van der Waals surface area contributed by atoms with Crippen LogP contribution in [0.15, 0.2) is 41.0 Å². The van der Waals surface area contributed by atoms with Crippen LogP contribution in [-0.2, 0) is 11.8 Å². The molecule has 2 heterocycles. The first-order valence-corrected chi connectivity index (χ1v) is 7.87. The zero-order valence-electron chi connectivity index (χ0n) is 12.2. The van der Waals surface area contributed by atoms with E-state index in [1.165, 1.54) is 0 Å². The Bertz CT molecular complexity index is 721. The Morgan fingerprint density at radius 2 is 2.00 bits per heavy atom. The van der Waals surface area contributed by atoms with Crippen LogP contribution in [0, 0.1) is 0 Å². The molecule has 2 aromatic rings. The van der Waals surface area contributed by atoms with E-state index < -0.39 is 0 Å². The predicted octanol–water partition coefficient (Wildman–Crippen LogP) is 3.17. The molecule has 5 nitrogen and oxygen atoms in total. The lowest BCUT2D eigenvalue weighted by molar-refractivity contribution is -0.117. The van der Waals surface area contributed by atoms with E-state index in [1.807, 2.05) is 37.5 Å². The van der Waals surface area contributed by atoms with Crippen LogP contribution in [0.2, 0.25) is 0 Å². The van der Waals surface area contributed by atoms with E-state index in [-0.39, 0.29) is 11.8 Å². The van der Waals surface area contributed by atoms with Crippen molar-refractivity contribution >= 4 is 39.1 Å². The van der Waals surface area contributed by atoms with Crippen LogP contribution in [0.1, 0.15) is 23.3 Å². The predicted molar refractivity (Wildman–Crippen MR) is 89.1 cm³/mol. The summed E-state index contributed by atoms with van der Waals surface area (Å²) in [6.45, 7) is 0.766. The van der Waals surface area contributed by atoms with Crippen molar-refractivity contribution < 1.29 is 9.59 Å². The van der Waals surface area contributed by atoms with Gasteiger partial charge in [-0.3, -0.25) is 9.59 Å². The summed E-state index contributed by atoms with van der Waals surface area (Å²) in [4.78, 5) is 25.7. The van der Waals surface area contributed by atoms with Crippen LogP contribution in [0.3, 0.4) is 0 Å². The van der Waals surface area contributed by atoms with Gasteiger partial charge in [0.05, 0.1) is 0 Å². The van der Waals surface area contributed by atoms with Gasteiger partial charge in [0.15, 0.2) is 0 Å². The first-order valence-electron chi connectivity index (χ1n) is 7.08. The van der Waals surface area contributed by atoms with Gasteiger partial charge in [-0.15, -0.1) is 0 Å². The minimum absolute atomic E-state index is 0.158. The van der Waals surface area contributed by atoms with Crippen LogP contribution in [0.25, 0.3) is 0 Å². The second-order valence-corrected chi connectivity index (χ2v) is 6.22. The summed E-state index contributed by atoms with van der Waals surface area (Å²) in [5.74, 6) is -0.0105. The van der Waals surface area contributed by atoms with Crippen molar-refractivity contribution in [2.45, 2.75) is 12.8 Å². The molecular weight excluding hydrogens is 346 g/mol. The van der Waals surface area contributed by atoms with Crippen LogP contribution < -0.4 is 10.2 Å². The molecule has 3 rings (SSSR count). The highest BCUT2D eigenvalue weighted by Crippen LogP contribution is 2.23. The third-order valence-corrected chi connectivity index (χ3v) is 4.15. The molecule has 0 spiro atoms. The maximum absolute atomic E-state index is 12.2. The number of hydrogen-bond acceptors (Lipinski definition) is 2. The lowest BCUT2D eigenvalue weighted by atomic mass is 10.2. The molecule has 6 heteroatoms. The highest BCUT2D eigenvalue weighted by atomic mass is 79.9. The fourth-order valence-corrected chi connectivity index (χ4v) is 3.11. The number of aryl methyl sites for hydroxylation is 1. The zero-order chi connectivity index (χ0) is 15.7. The van der Waals surface area contributed by atoms with Crippen LogP contribution in [0.5, 0.6) is 0 Å². The fourth-order valence-electron chi connectivity index (χ4n) is 2.59. The van der Waals surface area contributed by atoms with Gasteiger partial charge < -0.3 is 14.8 Å². The number of nitrogens with one attached hydrogen (secondary N) is 1. The molecule has 1 aliphatic rings. The fraction of sp³-hybridized carbons (Fsp3) is 0.250. The number of nitrogens with zero attached hydrogens (tertiary/aromatic N) is 2. The maximum atomic E-state index is 12.2. The number of hydrogen-bond donors (Lipinski definition) is 1. The molecule has 2 amide bonds. The summed E-state index contributed by atoms with van der Waals surface area (Å²) in [6, 6.07) is 9.12. The Hall–Kier alpha value is -2.08. The van der Waals surface area contributed by atoms with Gasteiger partial charge in [0.1, 0.15) is 5.69 Å². The second kappa shape index (κ2) is 5.96. The lowest BCUT2D eigenvalue weighted by Crippen LogP contribution is -2.23. The van der Waals surface area contributed by atoms with Crippen molar-refractivity contribution in [2.75, 3.05) is 16.8 Å². The smallest absolute Gasteiger partial charge is 0.272 e. The van der Waals surface area contributed by atoms with Crippen LogP contribution in [0.4, 0.5) is 11.4 Å². The normalized spacial score (nSPS) is 14.5. The number of carbonyl (C=O) groups excluding carboxylic acids is 2. The van der Waals surface area contributed by atoms with Gasteiger partial charge in [-0.1, -0.05) is 0 Å². The van der Waals surface area contributed by atoms with Crippen molar-refractivity contribution in [2.24, 2.45) is 7.05 Å². The molecule has 0 atom stereocenters. The maximum Gasteiger partial charge on any atom is 0.272 e. The number of anilines is 2. The summed E-state index contributed by atoms with van der Waals surface area (Å²) in [5, 5.41) is 2.86. The summed E-state index contributed by atoms with van der Waals surface area (Å²) >= 11 is 3.35. The van der Waals surface area contributed by atoms with E-state index in [0.717, 1.165) is 23.1 Å². The van der Waals surface area contributed by atoms with E-state index >= 15 is 0 Å². The largest absolute Gasteiger partial charge is 0.345 e. The average Bonchev–Trinajstić information content (AvgIpc) is 3.05. The molecule has 1 aromatic heterocycles. The van der Waals surface area contributed by atoms with Gasteiger partial charge in [0, 0.05) is 42.1 Å². The van der Waals surface area contributed by atoms with E-state index in [1.54, 1.807) is 15.5 Å². The number of amides is 2. The van der Waals surface area contributed by atoms with Crippen molar-refractivity contribution in [1.29, 1.82) is 0 Å². The molecule has 0 saturated carbocycles. The molecule has 22 heavy (non-hydrogen) atoms. The third kappa shape index (κ3) is 2.92. The molecule has 1 aromatic carbocycles. The molecule has 0 bridgehead atoms. The van der Waals surface area contributed by atoms with Crippen molar-refractivity contribution in [3.8, 4) is 0 Å². The van der Waals surface area contributed by atoms with Gasteiger partial charge in [-0.2, -0.15) is 0 Å². The standard InChI is InChI=1S/C16H16BrN3O2/c1-19-10-11(17)9-14(19)16(22)18-12-4-6-13(7-5-12)20-8-2-3-15(20)21/h4-7,9-10H,2-3,8H2,1H3,(H,18,22). The molecule has 0 aliphatic carbocycles. The van der Waals surface area contributed by atoms with E-state index in [9.17, 15) is 9.59 Å². The van der Waals surface area contributed by atoms with Crippen LogP contribution in [-0.4, -0.2) is 22.9 Å². The highest BCUT2D eigenvalue weighted by Gasteiger charge is 2.21. The second-order valence-electron chi connectivity index (χ2n) is 5.30. The average molecular weight is 362 g/mol. The Balaban J connectivity index is 1.72. The SMILES string of the molecule is Cn1cc(Br)cc1C(=O)Nc1ccc(N2CCCC2=O)cc1. The lowest BCUT2D eigenvalue weighted by Gasteiger charge is -2.16. The van der Waals surface area contributed by atoms with Gasteiger partial charge >= 0.3 is 0 Å². The van der Waals surface area contributed by atoms with Gasteiger partial charge in [0.25, 0.3) is 5.91 Å². The Labute approximate surface area is 137 Å². The number of halogens is 1. The Kier molecular flexibility index (Phi) is 4.02. The van der Waals surface area contributed by atoms with E-state index in [4.69, 9.17) is 0 Å². The first kappa shape index (κ1) is 14.8. The first-order chi connectivity index (χ1) is 10.5. The molecule has 114 valence electrons. The highest BCUT2D eigenvalue weighted by molar-refractivity contribution is 9.10. The summed E-state index contributed by atoms with van der Waals surface area (Å²) in [5.41, 5.74) is 2.16. The van der Waals surface area contributed by atoms with Crippen molar-refractivity contribution in [3.63, 3.8) is 0 Å². The zero-order valence-corrected chi connectivity index (χ0v) is 13.8. The van der Waals surface area contributed by atoms with E-state index in [2.05, 4.69) is 21.2 Å². The third-order valence-electron chi connectivity index (χ3n) is 3.71. The van der Waals surface area contributed by atoms with Gasteiger partial charge in [-0.05, 0) is 52.7 Å². The number of benzene rings is 1. The number of aromatic nitrogens is 1. The summed E-state index contributed by atoms with van der Waals surface area (Å²) in [7, 11) is 1.82. The van der Waals surface area contributed by atoms with Crippen molar-refractivity contribution in [3.05, 3.63) is 46.7 Å². The monoisotopic (exact) mass is 361 g/mol. The molecule has 1 saturated heterocycles. The summed E-state index contributed by atoms with van der Waals surface area (Å²) in [6.07, 6.45) is 3.34. The van der Waals surface area contributed by atoms with Crippen molar-refractivity contribution in [1.82, 2.24) is 4.57 Å². The van der Waals surface area contributed by atoms with Gasteiger partial charge in [0.2, 0.25) is 5.91 Å². The number of rotatable bonds is 3. The van der Waals surface area contributed by atoms with Gasteiger partial charge in [-0.25, -0.2) is 0 Å². The minimum Gasteiger partial charge on any atom is -0.345 e. The van der Waals surface area contributed by atoms with Crippen LogP contribution >= 0.6 is 15.9 Å². The number of carbonyl (C=O) groups is 2. The molecular formula is C16H16BrN3O2. The molecule has 1 N–H and O–H groups in total.